The van der Waals surface area contributed by atoms with Crippen molar-refractivity contribution in [3.8, 4) is 0 Å². The first kappa shape index (κ1) is 18.1. The minimum atomic E-state index is -3.67. The highest BCUT2D eigenvalue weighted by atomic mass is 79.9. The molecule has 0 saturated carbocycles. The molecule has 0 heterocycles. The van der Waals surface area contributed by atoms with E-state index in [1.54, 1.807) is 0 Å². The van der Waals surface area contributed by atoms with Crippen molar-refractivity contribution in [3.05, 3.63) is 28.2 Å². The molecule has 0 atom stereocenters. The molecule has 0 aliphatic rings. The molecule has 0 amide bonds. The van der Waals surface area contributed by atoms with E-state index in [0.29, 0.717) is 16.9 Å². The zero-order valence-electron chi connectivity index (χ0n) is 12.1. The lowest BCUT2D eigenvalue weighted by molar-refractivity contribution is 0.0695. The molecule has 0 aliphatic carbocycles. The fourth-order valence-corrected chi connectivity index (χ4v) is 3.32. The van der Waals surface area contributed by atoms with Crippen LogP contribution in [0.5, 0.6) is 0 Å². The maximum atomic E-state index is 12.1. The van der Waals surface area contributed by atoms with Crippen LogP contribution in [0.3, 0.4) is 0 Å². The van der Waals surface area contributed by atoms with Crippen LogP contribution in [-0.4, -0.2) is 26.0 Å². The van der Waals surface area contributed by atoms with Gasteiger partial charge in [-0.1, -0.05) is 26.7 Å². The molecule has 21 heavy (non-hydrogen) atoms. The van der Waals surface area contributed by atoms with Gasteiger partial charge in [0.25, 0.3) is 0 Å². The van der Waals surface area contributed by atoms with Gasteiger partial charge in [0.15, 0.2) is 0 Å². The number of aromatic carboxylic acids is 1. The predicted molar refractivity (Wildman–Crippen MR) is 85.0 cm³/mol. The molecule has 0 aliphatic heterocycles. The molecule has 5 nitrogen and oxygen atoms in total. The van der Waals surface area contributed by atoms with Crippen LogP contribution < -0.4 is 4.72 Å². The molecule has 0 aromatic heterocycles. The monoisotopic (exact) mass is 377 g/mol. The summed E-state index contributed by atoms with van der Waals surface area (Å²) in [6.45, 7) is 4.60. The summed E-state index contributed by atoms with van der Waals surface area (Å²) in [5.74, 6) is -0.568. The van der Waals surface area contributed by atoms with Gasteiger partial charge in [0.2, 0.25) is 10.0 Å². The van der Waals surface area contributed by atoms with E-state index >= 15 is 0 Å². The third-order valence-electron chi connectivity index (χ3n) is 2.98. The molecule has 7 heteroatoms. The van der Waals surface area contributed by atoms with E-state index in [1.807, 2.05) is 0 Å². The van der Waals surface area contributed by atoms with E-state index < -0.39 is 16.0 Å². The van der Waals surface area contributed by atoms with Crippen molar-refractivity contribution < 1.29 is 18.3 Å². The molecule has 0 spiro atoms. The van der Waals surface area contributed by atoms with Crippen molar-refractivity contribution >= 4 is 31.9 Å². The van der Waals surface area contributed by atoms with Crippen LogP contribution in [-0.2, 0) is 10.0 Å². The predicted octanol–water partition coefficient (Wildman–Crippen LogP) is 3.25. The number of carbonyl (C=O) groups is 1. The zero-order chi connectivity index (χ0) is 16.0. The number of nitrogens with one attached hydrogen (secondary N) is 1. The number of benzene rings is 1. The Labute approximate surface area is 133 Å². The highest BCUT2D eigenvalue weighted by Gasteiger charge is 2.17. The molecule has 0 radical (unpaired) electrons. The van der Waals surface area contributed by atoms with Crippen LogP contribution >= 0.6 is 15.9 Å². The molecule has 2 N–H and O–H groups in total. The number of halogens is 1. The van der Waals surface area contributed by atoms with Crippen molar-refractivity contribution in [2.75, 3.05) is 6.54 Å². The Morgan fingerprint density at radius 3 is 2.57 bits per heavy atom. The van der Waals surface area contributed by atoms with Gasteiger partial charge in [-0.25, -0.2) is 17.9 Å². The molecule has 0 unspecified atom stereocenters. The van der Waals surface area contributed by atoms with Gasteiger partial charge in [-0.3, -0.25) is 0 Å². The van der Waals surface area contributed by atoms with Gasteiger partial charge in [-0.05, 0) is 46.5 Å². The van der Waals surface area contributed by atoms with E-state index in [4.69, 9.17) is 5.11 Å². The highest BCUT2D eigenvalue weighted by Crippen LogP contribution is 2.21. The lowest BCUT2D eigenvalue weighted by Crippen LogP contribution is -2.25. The molecular formula is C14H20BrNO4S. The second-order valence-corrected chi connectivity index (χ2v) is 7.86. The first-order chi connectivity index (χ1) is 9.74. The van der Waals surface area contributed by atoms with Gasteiger partial charge in [0, 0.05) is 11.0 Å². The van der Waals surface area contributed by atoms with Gasteiger partial charge in [-0.2, -0.15) is 0 Å². The molecule has 1 aromatic rings. The summed E-state index contributed by atoms with van der Waals surface area (Å²) < 4.78 is 27.0. The number of unbranched alkanes of at least 4 members (excludes halogenated alkanes) is 1. The number of hydrogen-bond donors (Lipinski definition) is 2. The Hall–Kier alpha value is -0.920. The SMILES string of the molecule is CC(C)CCCCNS(=O)(=O)c1ccc(Br)c(C(=O)O)c1. The summed E-state index contributed by atoms with van der Waals surface area (Å²) in [7, 11) is -3.67. The van der Waals surface area contributed by atoms with Crippen molar-refractivity contribution in [2.24, 2.45) is 5.92 Å². The summed E-state index contributed by atoms with van der Waals surface area (Å²) in [4.78, 5) is 11.0. The van der Waals surface area contributed by atoms with E-state index in [0.717, 1.165) is 25.3 Å². The van der Waals surface area contributed by atoms with E-state index in [2.05, 4.69) is 34.5 Å². The number of carboxylic acid groups (broad SMARTS) is 1. The first-order valence-corrected chi connectivity index (χ1v) is 9.04. The van der Waals surface area contributed by atoms with Gasteiger partial charge in [-0.15, -0.1) is 0 Å². The topological polar surface area (TPSA) is 83.5 Å². The van der Waals surface area contributed by atoms with E-state index in [-0.39, 0.29) is 10.5 Å². The Kier molecular flexibility index (Phi) is 6.83. The normalized spacial score (nSPS) is 11.8. The average molecular weight is 378 g/mol. The number of carboxylic acids is 1. The standard InChI is InChI=1S/C14H20BrNO4S/c1-10(2)5-3-4-8-16-21(19,20)11-6-7-13(15)12(9-11)14(17)18/h6-7,9-10,16H,3-5,8H2,1-2H3,(H,17,18). The fraction of sp³-hybridized carbons (Fsp3) is 0.500. The molecular weight excluding hydrogens is 358 g/mol. The zero-order valence-corrected chi connectivity index (χ0v) is 14.5. The Morgan fingerprint density at radius 1 is 1.33 bits per heavy atom. The lowest BCUT2D eigenvalue weighted by atomic mass is 10.1. The molecule has 1 rings (SSSR count). The molecule has 0 fully saturated rings. The van der Waals surface area contributed by atoms with Crippen LogP contribution in [0.25, 0.3) is 0 Å². The largest absolute Gasteiger partial charge is 0.478 e. The Morgan fingerprint density at radius 2 is 2.00 bits per heavy atom. The average Bonchev–Trinajstić information content (AvgIpc) is 2.37. The van der Waals surface area contributed by atoms with Crippen molar-refractivity contribution in [2.45, 2.75) is 38.0 Å². The summed E-state index contributed by atoms with van der Waals surface area (Å²) in [5.41, 5.74) is -0.0716. The van der Waals surface area contributed by atoms with E-state index in [1.165, 1.54) is 12.1 Å². The Bertz CT molecular complexity index is 599. The smallest absolute Gasteiger partial charge is 0.336 e. The van der Waals surface area contributed by atoms with Crippen LogP contribution in [0, 0.1) is 5.92 Å². The molecule has 1 aromatic carbocycles. The van der Waals surface area contributed by atoms with Crippen LogP contribution in [0.1, 0.15) is 43.5 Å². The van der Waals surface area contributed by atoms with Crippen LogP contribution in [0.4, 0.5) is 0 Å². The fourth-order valence-electron chi connectivity index (χ4n) is 1.80. The maximum Gasteiger partial charge on any atom is 0.336 e. The molecule has 0 bridgehead atoms. The first-order valence-electron chi connectivity index (χ1n) is 6.76. The Balaban J connectivity index is 2.70. The summed E-state index contributed by atoms with van der Waals surface area (Å²) >= 11 is 3.09. The van der Waals surface area contributed by atoms with Gasteiger partial charge in [0.05, 0.1) is 10.5 Å². The molecule has 118 valence electrons. The van der Waals surface area contributed by atoms with Crippen LogP contribution in [0.2, 0.25) is 0 Å². The summed E-state index contributed by atoms with van der Waals surface area (Å²) in [6, 6.07) is 3.96. The molecule has 0 saturated heterocycles. The number of rotatable bonds is 8. The summed E-state index contributed by atoms with van der Waals surface area (Å²) in [5, 5.41) is 9.01. The second-order valence-electron chi connectivity index (χ2n) is 5.23. The van der Waals surface area contributed by atoms with Gasteiger partial charge in [0.1, 0.15) is 0 Å². The van der Waals surface area contributed by atoms with Crippen molar-refractivity contribution in [1.82, 2.24) is 4.72 Å². The van der Waals surface area contributed by atoms with Gasteiger partial charge < -0.3 is 5.11 Å². The number of sulfonamides is 1. The highest BCUT2D eigenvalue weighted by molar-refractivity contribution is 9.10. The lowest BCUT2D eigenvalue weighted by Gasteiger charge is -2.09. The summed E-state index contributed by atoms with van der Waals surface area (Å²) in [6.07, 6.45) is 2.78. The van der Waals surface area contributed by atoms with Crippen LogP contribution in [0.15, 0.2) is 27.6 Å². The third kappa shape index (κ3) is 5.76. The van der Waals surface area contributed by atoms with Crippen molar-refractivity contribution in [3.63, 3.8) is 0 Å². The number of hydrogen-bond acceptors (Lipinski definition) is 3. The third-order valence-corrected chi connectivity index (χ3v) is 5.13. The second kappa shape index (κ2) is 7.91. The maximum absolute atomic E-state index is 12.1. The van der Waals surface area contributed by atoms with Crippen molar-refractivity contribution in [1.29, 1.82) is 0 Å². The van der Waals surface area contributed by atoms with Gasteiger partial charge >= 0.3 is 5.97 Å². The quantitative estimate of drug-likeness (QED) is 0.681. The minimum Gasteiger partial charge on any atom is -0.478 e. The minimum absolute atomic E-state index is 0.0352. The van der Waals surface area contributed by atoms with E-state index in [9.17, 15) is 13.2 Å².